The number of hydrogen-bond acceptors (Lipinski definition) is 8. The highest BCUT2D eigenvalue weighted by atomic mass is 35.5. The lowest BCUT2D eigenvalue weighted by molar-refractivity contribution is 0.508. The quantitative estimate of drug-likeness (QED) is 0.0418. The third-order valence-corrected chi connectivity index (χ3v) is 18.3. The first-order valence-corrected chi connectivity index (χ1v) is 31.5. The molecule has 0 bridgehead atoms. The molecule has 1 atom stereocenters. The van der Waals surface area contributed by atoms with Crippen LogP contribution in [0.1, 0.15) is 263 Å². The van der Waals surface area contributed by atoms with Crippen LogP contribution in [-0.4, -0.2) is 79.5 Å². The SMILES string of the molecule is CCCCCCCCCCCCCCCCCCS(=O)(=O)CC(C)(C)c1nnc2c(Cl)c(C)[nH]n12.CCCCCCCCCCCCCCCCS(=O)(=O)CCC(C)c1nnc2c(Cl)c(C)[nH]n12. The van der Waals surface area contributed by atoms with Crippen LogP contribution in [0.25, 0.3) is 11.3 Å². The Bertz CT molecular complexity index is 2180. The first-order chi connectivity index (χ1) is 32.5. The Labute approximate surface area is 423 Å². The number of sulfone groups is 2. The Kier molecular flexibility index (Phi) is 29.0. The summed E-state index contributed by atoms with van der Waals surface area (Å²) in [5, 5.41) is 24.1. The van der Waals surface area contributed by atoms with Gasteiger partial charge < -0.3 is 0 Å². The summed E-state index contributed by atoms with van der Waals surface area (Å²) in [6.45, 7) is 14.1. The Hall–Kier alpha value is -2.16. The zero-order chi connectivity index (χ0) is 49.8. The normalized spacial score (nSPS) is 13.0. The summed E-state index contributed by atoms with van der Waals surface area (Å²) in [5.41, 5.74) is 2.11. The van der Waals surface area contributed by atoms with E-state index in [2.05, 4.69) is 44.4 Å². The molecule has 0 radical (unpaired) electrons. The second-order valence-electron chi connectivity index (χ2n) is 20.7. The topological polar surface area (TPSA) is 160 Å². The third kappa shape index (κ3) is 22.5. The molecule has 0 saturated heterocycles. The van der Waals surface area contributed by atoms with E-state index in [0.717, 1.165) is 55.7 Å². The molecule has 2 N–H and O–H groups in total. The predicted molar refractivity (Wildman–Crippen MR) is 287 cm³/mol. The van der Waals surface area contributed by atoms with Crippen molar-refractivity contribution < 1.29 is 16.8 Å². The zero-order valence-corrected chi connectivity index (χ0v) is 46.9. The molecule has 4 rings (SSSR count). The Morgan fingerprint density at radius 3 is 1.24 bits per heavy atom. The standard InChI is InChI=1S/C27H49ClN4O2S.C25H45ClN4O2S/c1-5-6-7-8-9-10-11-12-13-14-15-16-17-18-19-20-21-35(33,34)22-27(3,4)26-30-29-25-24(28)23(2)31-32(25)26;1-4-5-6-7-8-9-10-11-12-13-14-15-16-17-19-33(31,32)20-18-21(2)24-27-28-25-23(26)22(3)29-30(24)25/h31H,5-22H2,1-4H3;21,29H,4-20H2,1-3H3. The van der Waals surface area contributed by atoms with Gasteiger partial charge in [-0.15, -0.1) is 20.4 Å². The van der Waals surface area contributed by atoms with E-state index >= 15 is 0 Å². The van der Waals surface area contributed by atoms with Crippen LogP contribution in [-0.2, 0) is 25.1 Å². The van der Waals surface area contributed by atoms with Gasteiger partial charge >= 0.3 is 0 Å². The van der Waals surface area contributed by atoms with Crippen LogP contribution in [0.5, 0.6) is 0 Å². The van der Waals surface area contributed by atoms with E-state index in [1.165, 1.54) is 154 Å². The summed E-state index contributed by atoms with van der Waals surface area (Å²) in [6, 6.07) is 0. The van der Waals surface area contributed by atoms with E-state index in [9.17, 15) is 16.8 Å². The van der Waals surface area contributed by atoms with Crippen molar-refractivity contribution in [2.24, 2.45) is 0 Å². The van der Waals surface area contributed by atoms with Gasteiger partial charge in [-0.05, 0) is 33.1 Å². The van der Waals surface area contributed by atoms with Gasteiger partial charge in [-0.2, -0.15) is 0 Å². The smallest absolute Gasteiger partial charge is 0.196 e. The lowest BCUT2D eigenvalue weighted by Gasteiger charge is -2.22. The van der Waals surface area contributed by atoms with Crippen LogP contribution >= 0.6 is 23.2 Å². The fourth-order valence-electron chi connectivity index (χ4n) is 9.27. The number of halogens is 2. The first kappa shape index (κ1) is 60.1. The number of nitrogens with one attached hydrogen (secondary N) is 2. The Morgan fingerprint density at radius 1 is 0.485 bits per heavy atom. The molecular formula is C52H94Cl2N8O4S2. The Balaban J connectivity index is 0.000000361. The Morgan fingerprint density at radius 2 is 0.824 bits per heavy atom. The highest BCUT2D eigenvalue weighted by molar-refractivity contribution is 7.91. The van der Waals surface area contributed by atoms with Crippen LogP contribution < -0.4 is 0 Å². The van der Waals surface area contributed by atoms with Gasteiger partial charge in [-0.25, -0.2) is 25.9 Å². The van der Waals surface area contributed by atoms with Crippen molar-refractivity contribution in [2.45, 2.75) is 259 Å². The molecule has 16 heteroatoms. The maximum atomic E-state index is 12.8. The van der Waals surface area contributed by atoms with Gasteiger partial charge in [-0.1, -0.05) is 238 Å². The number of unbranched alkanes of at least 4 members (excludes halogenated alkanes) is 28. The lowest BCUT2D eigenvalue weighted by atomic mass is 9.96. The molecule has 0 aliphatic rings. The first-order valence-electron chi connectivity index (χ1n) is 27.1. The van der Waals surface area contributed by atoms with Gasteiger partial charge in [0.25, 0.3) is 0 Å². The maximum absolute atomic E-state index is 12.8. The molecule has 4 heterocycles. The van der Waals surface area contributed by atoms with Crippen molar-refractivity contribution in [3.05, 3.63) is 33.1 Å². The van der Waals surface area contributed by atoms with Crippen LogP contribution in [0.2, 0.25) is 10.0 Å². The van der Waals surface area contributed by atoms with Gasteiger partial charge in [0.15, 0.2) is 32.8 Å². The molecule has 0 spiro atoms. The second kappa shape index (κ2) is 32.7. The second-order valence-corrected chi connectivity index (χ2v) is 26.0. The molecule has 68 heavy (non-hydrogen) atoms. The van der Waals surface area contributed by atoms with Crippen molar-refractivity contribution in [1.29, 1.82) is 0 Å². The third-order valence-electron chi connectivity index (χ3n) is 13.6. The summed E-state index contributed by atoms with van der Waals surface area (Å²) in [7, 11) is -6.22. The van der Waals surface area contributed by atoms with Crippen LogP contribution in [0, 0.1) is 13.8 Å². The summed E-state index contributed by atoms with van der Waals surface area (Å²) >= 11 is 12.5. The molecule has 0 aromatic carbocycles. The van der Waals surface area contributed by atoms with Crippen LogP contribution in [0.15, 0.2) is 0 Å². The summed E-state index contributed by atoms with van der Waals surface area (Å²) in [4.78, 5) is 0. The van der Waals surface area contributed by atoms with Gasteiger partial charge in [0.2, 0.25) is 0 Å². The molecule has 4 aromatic rings. The molecule has 4 aromatic heterocycles. The predicted octanol–water partition coefficient (Wildman–Crippen LogP) is 15.4. The van der Waals surface area contributed by atoms with Crippen LogP contribution in [0.4, 0.5) is 0 Å². The molecule has 0 amide bonds. The number of rotatable bonds is 39. The molecule has 12 nitrogen and oxygen atoms in total. The summed E-state index contributed by atoms with van der Waals surface area (Å²) in [6.07, 6.45) is 38.9. The van der Waals surface area contributed by atoms with Crippen molar-refractivity contribution >= 4 is 54.2 Å². The van der Waals surface area contributed by atoms with Gasteiger partial charge in [0.1, 0.15) is 19.9 Å². The van der Waals surface area contributed by atoms with E-state index in [4.69, 9.17) is 23.2 Å². The van der Waals surface area contributed by atoms with Crippen molar-refractivity contribution in [2.75, 3.05) is 23.0 Å². The van der Waals surface area contributed by atoms with Gasteiger partial charge in [-0.3, -0.25) is 10.2 Å². The largest absolute Gasteiger partial charge is 0.294 e. The molecular weight excluding hydrogens is 936 g/mol. The average Bonchev–Trinajstić information content (AvgIpc) is 4.05. The minimum absolute atomic E-state index is 0.0137. The number of aromatic amines is 2. The van der Waals surface area contributed by atoms with Crippen molar-refractivity contribution in [1.82, 2.24) is 39.6 Å². The van der Waals surface area contributed by atoms with E-state index in [0.29, 0.717) is 39.3 Å². The lowest BCUT2D eigenvalue weighted by Crippen LogP contribution is -2.32. The molecule has 0 aliphatic carbocycles. The minimum Gasteiger partial charge on any atom is -0.294 e. The average molecular weight is 1030 g/mol. The maximum Gasteiger partial charge on any atom is 0.196 e. The molecule has 0 saturated carbocycles. The summed E-state index contributed by atoms with van der Waals surface area (Å²) < 4.78 is 54.0. The van der Waals surface area contributed by atoms with E-state index in [-0.39, 0.29) is 23.2 Å². The highest BCUT2D eigenvalue weighted by Crippen LogP contribution is 2.29. The van der Waals surface area contributed by atoms with Crippen molar-refractivity contribution in [3.8, 4) is 0 Å². The van der Waals surface area contributed by atoms with Gasteiger partial charge in [0.05, 0.1) is 34.4 Å². The highest BCUT2D eigenvalue weighted by Gasteiger charge is 2.33. The number of fused-ring (bicyclic) bond motifs is 2. The van der Waals surface area contributed by atoms with E-state index in [1.54, 1.807) is 9.03 Å². The number of aryl methyl sites for hydroxylation is 2. The fraction of sp³-hybridized carbons (Fsp3) is 0.846. The molecule has 392 valence electrons. The number of hydrogen-bond donors (Lipinski definition) is 2. The number of nitrogens with zero attached hydrogens (tertiary/aromatic N) is 6. The molecule has 0 fully saturated rings. The number of H-pyrrole nitrogens is 2. The monoisotopic (exact) mass is 1030 g/mol. The minimum atomic E-state index is -3.18. The van der Waals surface area contributed by atoms with Crippen molar-refractivity contribution in [3.63, 3.8) is 0 Å². The zero-order valence-electron chi connectivity index (χ0n) is 43.7. The fourth-order valence-corrected chi connectivity index (χ4v) is 13.2. The molecule has 1 unspecified atom stereocenters. The van der Waals surface area contributed by atoms with Gasteiger partial charge in [0, 0.05) is 11.3 Å². The molecule has 0 aliphatic heterocycles. The van der Waals surface area contributed by atoms with E-state index in [1.807, 2.05) is 34.6 Å². The number of aromatic nitrogens is 8. The summed E-state index contributed by atoms with van der Waals surface area (Å²) in [5.74, 6) is 2.08. The van der Waals surface area contributed by atoms with Crippen LogP contribution in [0.3, 0.4) is 0 Å². The van der Waals surface area contributed by atoms with E-state index < -0.39 is 25.1 Å².